The number of phenolic OH excluding ortho intramolecular Hbond substituents is 1. The molecule has 0 spiro atoms. The molecule has 4 heteroatoms. The van der Waals surface area contributed by atoms with Crippen LogP contribution < -0.4 is 4.74 Å². The van der Waals surface area contributed by atoms with Gasteiger partial charge in [0, 0.05) is 5.56 Å². The van der Waals surface area contributed by atoms with Crippen molar-refractivity contribution in [3.63, 3.8) is 0 Å². The fourth-order valence-electron chi connectivity index (χ4n) is 2.62. The van der Waals surface area contributed by atoms with E-state index < -0.39 is 6.16 Å². The summed E-state index contributed by atoms with van der Waals surface area (Å²) < 4.78 is 4.75. The average molecular weight is 294 g/mol. The Bertz CT molecular complexity index is 480. The largest absolute Gasteiger partial charge is 0.511 e. The molecule has 0 unspecified atom stereocenters. The minimum absolute atomic E-state index is 0.0112. The van der Waals surface area contributed by atoms with Gasteiger partial charge in [-0.1, -0.05) is 33.6 Å². The zero-order valence-corrected chi connectivity index (χ0v) is 13.2. The number of unbranched alkanes of at least 4 members (excludes halogenated alkanes) is 2. The Kier molecular flexibility index (Phi) is 7.06. The molecule has 0 aliphatic carbocycles. The highest BCUT2D eigenvalue weighted by Crippen LogP contribution is 2.37. The number of aromatic hydroxyl groups is 1. The number of carboxylic acid groups (broad SMARTS) is 1. The number of phenols is 1. The first kappa shape index (κ1) is 17.3. The Hall–Kier alpha value is -1.71. The van der Waals surface area contributed by atoms with Crippen molar-refractivity contribution in [2.45, 2.75) is 65.7 Å². The standard InChI is InChI=1S/C17H26O4/c1-4-7-9-12-11-15(21-17(19)20)16(18)14(10-8-5-2)13(12)6-3/h11,18H,4-10H2,1-3H3,(H,19,20). The summed E-state index contributed by atoms with van der Waals surface area (Å²) in [7, 11) is 0. The van der Waals surface area contributed by atoms with Crippen molar-refractivity contribution in [2.24, 2.45) is 0 Å². The smallest absolute Gasteiger partial charge is 0.504 e. The lowest BCUT2D eigenvalue weighted by Gasteiger charge is -2.18. The Balaban J connectivity index is 3.29. The molecule has 0 aliphatic rings. The van der Waals surface area contributed by atoms with E-state index >= 15 is 0 Å². The van der Waals surface area contributed by atoms with Crippen LogP contribution in [-0.2, 0) is 19.3 Å². The molecule has 0 aliphatic heterocycles. The van der Waals surface area contributed by atoms with Crippen molar-refractivity contribution in [2.75, 3.05) is 0 Å². The van der Waals surface area contributed by atoms with Gasteiger partial charge in [0.15, 0.2) is 11.5 Å². The van der Waals surface area contributed by atoms with Gasteiger partial charge >= 0.3 is 6.16 Å². The van der Waals surface area contributed by atoms with Gasteiger partial charge in [-0.2, -0.15) is 0 Å². The van der Waals surface area contributed by atoms with Crippen molar-refractivity contribution < 1.29 is 19.7 Å². The number of aryl methyl sites for hydroxylation is 1. The van der Waals surface area contributed by atoms with Gasteiger partial charge in [0.2, 0.25) is 0 Å². The van der Waals surface area contributed by atoms with Crippen LogP contribution in [0, 0.1) is 0 Å². The molecule has 1 aromatic carbocycles. The van der Waals surface area contributed by atoms with E-state index in [4.69, 9.17) is 9.84 Å². The Morgan fingerprint density at radius 3 is 2.24 bits per heavy atom. The first-order chi connectivity index (χ1) is 10.0. The summed E-state index contributed by atoms with van der Waals surface area (Å²) in [5.74, 6) is 0.0554. The van der Waals surface area contributed by atoms with E-state index in [1.807, 2.05) is 0 Å². The molecule has 0 heterocycles. The highest BCUT2D eigenvalue weighted by molar-refractivity contribution is 5.65. The summed E-state index contributed by atoms with van der Waals surface area (Å²) >= 11 is 0. The Morgan fingerprint density at radius 1 is 1.10 bits per heavy atom. The van der Waals surface area contributed by atoms with Crippen molar-refractivity contribution >= 4 is 6.16 Å². The lowest BCUT2D eigenvalue weighted by Crippen LogP contribution is -2.07. The van der Waals surface area contributed by atoms with Crippen LogP contribution in [0.3, 0.4) is 0 Å². The topological polar surface area (TPSA) is 66.8 Å². The number of ether oxygens (including phenoxy) is 1. The zero-order chi connectivity index (χ0) is 15.8. The number of benzene rings is 1. The molecule has 0 aromatic heterocycles. The molecular weight excluding hydrogens is 268 g/mol. The molecule has 0 bridgehead atoms. The Morgan fingerprint density at radius 2 is 1.71 bits per heavy atom. The maximum atomic E-state index is 10.8. The Labute approximate surface area is 126 Å². The fourth-order valence-corrected chi connectivity index (χ4v) is 2.62. The van der Waals surface area contributed by atoms with Crippen molar-refractivity contribution in [3.05, 3.63) is 22.8 Å². The van der Waals surface area contributed by atoms with Gasteiger partial charge in [0.1, 0.15) is 0 Å². The first-order valence-corrected chi connectivity index (χ1v) is 7.82. The maximum Gasteiger partial charge on any atom is 0.511 e. The van der Waals surface area contributed by atoms with Gasteiger partial charge in [-0.15, -0.1) is 0 Å². The molecule has 0 atom stereocenters. The van der Waals surface area contributed by atoms with Crippen molar-refractivity contribution in [3.8, 4) is 11.5 Å². The van der Waals surface area contributed by atoms with Crippen molar-refractivity contribution in [1.29, 1.82) is 0 Å². The minimum Gasteiger partial charge on any atom is -0.504 e. The lowest BCUT2D eigenvalue weighted by atomic mass is 9.91. The van der Waals surface area contributed by atoms with E-state index in [1.54, 1.807) is 6.07 Å². The molecule has 4 nitrogen and oxygen atoms in total. The highest BCUT2D eigenvalue weighted by atomic mass is 16.7. The summed E-state index contributed by atoms with van der Waals surface area (Å²) in [4.78, 5) is 10.8. The van der Waals surface area contributed by atoms with E-state index in [0.29, 0.717) is 0 Å². The predicted molar refractivity (Wildman–Crippen MR) is 83.4 cm³/mol. The molecule has 118 valence electrons. The van der Waals surface area contributed by atoms with Crippen LogP contribution in [0.5, 0.6) is 11.5 Å². The van der Waals surface area contributed by atoms with E-state index in [-0.39, 0.29) is 11.5 Å². The summed E-state index contributed by atoms with van der Waals surface area (Å²) in [6.07, 6.45) is 5.18. The van der Waals surface area contributed by atoms with E-state index in [1.165, 1.54) is 0 Å². The molecule has 1 aromatic rings. The third-order valence-electron chi connectivity index (χ3n) is 3.71. The lowest BCUT2D eigenvalue weighted by molar-refractivity contribution is 0.142. The second-order valence-electron chi connectivity index (χ2n) is 5.27. The third-order valence-corrected chi connectivity index (χ3v) is 3.71. The molecule has 0 fully saturated rings. The summed E-state index contributed by atoms with van der Waals surface area (Å²) in [6, 6.07) is 1.69. The van der Waals surface area contributed by atoms with Crippen molar-refractivity contribution in [1.82, 2.24) is 0 Å². The van der Waals surface area contributed by atoms with Crippen LogP contribution in [0.2, 0.25) is 0 Å². The SMILES string of the molecule is CCCCc1cc(OC(=O)O)c(O)c(CCCC)c1CC. The number of hydrogen-bond acceptors (Lipinski definition) is 3. The predicted octanol–water partition coefficient (Wildman–Crippen LogP) is 4.70. The van der Waals surface area contributed by atoms with Crippen LogP contribution in [0.25, 0.3) is 0 Å². The third kappa shape index (κ3) is 4.66. The van der Waals surface area contributed by atoms with Crippen LogP contribution in [-0.4, -0.2) is 16.4 Å². The minimum atomic E-state index is -1.39. The summed E-state index contributed by atoms with van der Waals surface area (Å²) in [5, 5.41) is 19.2. The normalized spacial score (nSPS) is 10.6. The van der Waals surface area contributed by atoms with Crippen LogP contribution >= 0.6 is 0 Å². The maximum absolute atomic E-state index is 10.8. The zero-order valence-electron chi connectivity index (χ0n) is 13.2. The molecule has 1 rings (SSSR count). The average Bonchev–Trinajstić information content (AvgIpc) is 2.45. The van der Waals surface area contributed by atoms with Gasteiger partial charge in [-0.05, 0) is 49.3 Å². The molecule has 0 saturated carbocycles. The summed E-state index contributed by atoms with van der Waals surface area (Å²) in [5.41, 5.74) is 3.09. The van der Waals surface area contributed by atoms with E-state index in [9.17, 15) is 9.90 Å². The van der Waals surface area contributed by atoms with Gasteiger partial charge in [-0.25, -0.2) is 4.79 Å². The first-order valence-electron chi connectivity index (χ1n) is 7.82. The van der Waals surface area contributed by atoms with Crippen LogP contribution in [0.4, 0.5) is 4.79 Å². The second-order valence-corrected chi connectivity index (χ2v) is 5.27. The monoisotopic (exact) mass is 294 g/mol. The number of carbonyl (C=O) groups is 1. The van der Waals surface area contributed by atoms with Gasteiger partial charge < -0.3 is 14.9 Å². The highest BCUT2D eigenvalue weighted by Gasteiger charge is 2.18. The van der Waals surface area contributed by atoms with Gasteiger partial charge in [-0.3, -0.25) is 0 Å². The number of hydrogen-bond donors (Lipinski definition) is 2. The summed E-state index contributed by atoms with van der Waals surface area (Å²) in [6.45, 7) is 6.29. The van der Waals surface area contributed by atoms with Gasteiger partial charge in [0.05, 0.1) is 0 Å². The molecule has 21 heavy (non-hydrogen) atoms. The van der Waals surface area contributed by atoms with Crippen LogP contribution in [0.15, 0.2) is 6.07 Å². The number of rotatable bonds is 8. The molecule has 2 N–H and O–H groups in total. The molecule has 0 saturated heterocycles. The van der Waals surface area contributed by atoms with E-state index in [0.717, 1.165) is 61.6 Å². The molecule has 0 radical (unpaired) electrons. The van der Waals surface area contributed by atoms with E-state index in [2.05, 4.69) is 20.8 Å². The fraction of sp³-hybridized carbons (Fsp3) is 0.588. The quantitative estimate of drug-likeness (QED) is 0.539. The van der Waals surface area contributed by atoms with Gasteiger partial charge in [0.25, 0.3) is 0 Å². The van der Waals surface area contributed by atoms with Crippen LogP contribution in [0.1, 0.15) is 63.1 Å². The second kappa shape index (κ2) is 8.55. The molecule has 0 amide bonds. The molecular formula is C17H26O4.